The highest BCUT2D eigenvalue weighted by Gasteiger charge is 2.21. The van der Waals surface area contributed by atoms with Gasteiger partial charge in [-0.15, -0.1) is 0 Å². The molecule has 0 aromatic carbocycles. The van der Waals surface area contributed by atoms with Gasteiger partial charge in [-0.1, -0.05) is 0 Å². The van der Waals surface area contributed by atoms with Crippen molar-refractivity contribution in [2.45, 2.75) is 31.6 Å². The molecule has 15 heavy (non-hydrogen) atoms. The Balaban J connectivity index is 4.11. The summed E-state index contributed by atoms with van der Waals surface area (Å²) in [6.45, 7) is 3.79. The SMILES string of the molecule is CC(CCN(C)C)NS(=O)(=O)C(C)CO. The second-order valence-electron chi connectivity index (χ2n) is 4.15. The molecule has 0 rings (SSSR count). The first-order valence-electron chi connectivity index (χ1n) is 5.06. The molecule has 0 bridgehead atoms. The molecule has 0 spiro atoms. The summed E-state index contributed by atoms with van der Waals surface area (Å²) in [5.41, 5.74) is 0. The molecular weight excluding hydrogens is 216 g/mol. The van der Waals surface area contributed by atoms with Gasteiger partial charge in [0.1, 0.15) is 0 Å². The van der Waals surface area contributed by atoms with Gasteiger partial charge < -0.3 is 10.0 Å². The number of nitrogens with zero attached hydrogens (tertiary/aromatic N) is 1. The molecule has 0 aliphatic rings. The van der Waals surface area contributed by atoms with E-state index in [2.05, 4.69) is 4.72 Å². The Labute approximate surface area is 92.5 Å². The Bertz CT molecular complexity index is 265. The lowest BCUT2D eigenvalue weighted by molar-refractivity contribution is 0.294. The summed E-state index contributed by atoms with van der Waals surface area (Å²) in [5, 5.41) is 8.02. The van der Waals surface area contributed by atoms with E-state index in [4.69, 9.17) is 5.11 Å². The minimum atomic E-state index is -3.38. The normalized spacial score (nSPS) is 16.7. The molecule has 92 valence electrons. The number of hydrogen-bond donors (Lipinski definition) is 2. The molecule has 0 saturated heterocycles. The zero-order valence-corrected chi connectivity index (χ0v) is 10.7. The maximum absolute atomic E-state index is 11.5. The molecule has 0 aliphatic heterocycles. The third-order valence-corrected chi connectivity index (χ3v) is 4.10. The van der Waals surface area contributed by atoms with Crippen LogP contribution in [0.2, 0.25) is 0 Å². The highest BCUT2D eigenvalue weighted by molar-refractivity contribution is 7.90. The number of nitrogens with one attached hydrogen (secondary N) is 1. The minimum Gasteiger partial charge on any atom is -0.395 e. The average Bonchev–Trinajstić information content (AvgIpc) is 2.12. The van der Waals surface area contributed by atoms with E-state index in [1.54, 1.807) is 0 Å². The second-order valence-corrected chi connectivity index (χ2v) is 6.28. The Morgan fingerprint density at radius 2 is 1.87 bits per heavy atom. The first-order valence-corrected chi connectivity index (χ1v) is 6.61. The first-order chi connectivity index (χ1) is 6.79. The van der Waals surface area contributed by atoms with E-state index in [1.807, 2.05) is 25.9 Å². The predicted molar refractivity (Wildman–Crippen MR) is 61.2 cm³/mol. The van der Waals surface area contributed by atoms with Crippen molar-refractivity contribution < 1.29 is 13.5 Å². The fraction of sp³-hybridized carbons (Fsp3) is 1.00. The smallest absolute Gasteiger partial charge is 0.216 e. The molecule has 6 heteroatoms. The third kappa shape index (κ3) is 6.09. The van der Waals surface area contributed by atoms with Crippen LogP contribution in [0.4, 0.5) is 0 Å². The fourth-order valence-corrected chi connectivity index (χ4v) is 2.11. The van der Waals surface area contributed by atoms with Gasteiger partial charge in [0.05, 0.1) is 11.9 Å². The van der Waals surface area contributed by atoms with Crippen LogP contribution in [0.15, 0.2) is 0 Å². The quantitative estimate of drug-likeness (QED) is 0.635. The lowest BCUT2D eigenvalue weighted by atomic mass is 10.2. The lowest BCUT2D eigenvalue weighted by Gasteiger charge is -2.18. The van der Waals surface area contributed by atoms with Crippen LogP contribution in [-0.4, -0.2) is 57.0 Å². The van der Waals surface area contributed by atoms with Crippen LogP contribution in [0, 0.1) is 0 Å². The monoisotopic (exact) mass is 238 g/mol. The molecule has 2 atom stereocenters. The summed E-state index contributed by atoms with van der Waals surface area (Å²) < 4.78 is 25.6. The van der Waals surface area contributed by atoms with E-state index in [1.165, 1.54) is 6.92 Å². The predicted octanol–water partition coefficient (Wildman–Crippen LogP) is -0.373. The Morgan fingerprint density at radius 1 is 1.33 bits per heavy atom. The fourth-order valence-electron chi connectivity index (χ4n) is 1.01. The van der Waals surface area contributed by atoms with Crippen molar-refractivity contribution in [3.63, 3.8) is 0 Å². The largest absolute Gasteiger partial charge is 0.395 e. The topological polar surface area (TPSA) is 69.6 Å². The van der Waals surface area contributed by atoms with Gasteiger partial charge in [-0.2, -0.15) is 0 Å². The summed E-state index contributed by atoms with van der Waals surface area (Å²) in [5.74, 6) is 0. The molecule has 0 radical (unpaired) electrons. The highest BCUT2D eigenvalue weighted by atomic mass is 32.2. The molecule has 2 N–H and O–H groups in total. The van der Waals surface area contributed by atoms with E-state index in [-0.39, 0.29) is 12.6 Å². The molecular formula is C9H22N2O3S. The van der Waals surface area contributed by atoms with Gasteiger partial charge in [0.2, 0.25) is 10.0 Å². The number of sulfonamides is 1. The van der Waals surface area contributed by atoms with E-state index >= 15 is 0 Å². The summed E-state index contributed by atoms with van der Waals surface area (Å²) in [7, 11) is 0.508. The van der Waals surface area contributed by atoms with E-state index in [0.29, 0.717) is 0 Å². The minimum absolute atomic E-state index is 0.105. The van der Waals surface area contributed by atoms with E-state index in [9.17, 15) is 8.42 Å². The van der Waals surface area contributed by atoms with Gasteiger partial charge in [0, 0.05) is 6.04 Å². The van der Waals surface area contributed by atoms with Crippen molar-refractivity contribution in [2.24, 2.45) is 0 Å². The zero-order valence-electron chi connectivity index (χ0n) is 9.90. The van der Waals surface area contributed by atoms with Gasteiger partial charge in [-0.3, -0.25) is 0 Å². The maximum atomic E-state index is 11.5. The van der Waals surface area contributed by atoms with Gasteiger partial charge in [-0.25, -0.2) is 13.1 Å². The summed E-state index contributed by atoms with van der Waals surface area (Å²) in [6, 6.07) is -0.105. The molecule has 0 fully saturated rings. The maximum Gasteiger partial charge on any atom is 0.216 e. The highest BCUT2D eigenvalue weighted by Crippen LogP contribution is 2.01. The van der Waals surface area contributed by atoms with Crippen molar-refractivity contribution in [2.75, 3.05) is 27.2 Å². The summed E-state index contributed by atoms with van der Waals surface area (Å²) in [6.07, 6.45) is 0.754. The molecule has 0 amide bonds. The number of aliphatic hydroxyl groups excluding tert-OH is 1. The van der Waals surface area contributed by atoms with Crippen LogP contribution in [-0.2, 0) is 10.0 Å². The number of hydrogen-bond acceptors (Lipinski definition) is 4. The van der Waals surface area contributed by atoms with Crippen molar-refractivity contribution in [1.82, 2.24) is 9.62 Å². The molecule has 5 nitrogen and oxygen atoms in total. The Kier molecular flexibility index (Phi) is 6.35. The molecule has 2 unspecified atom stereocenters. The summed E-state index contributed by atoms with van der Waals surface area (Å²) >= 11 is 0. The van der Waals surface area contributed by atoms with Gasteiger partial charge >= 0.3 is 0 Å². The van der Waals surface area contributed by atoms with Crippen LogP contribution in [0.3, 0.4) is 0 Å². The molecule has 0 aromatic heterocycles. The first kappa shape index (κ1) is 14.8. The molecule has 0 heterocycles. The van der Waals surface area contributed by atoms with Crippen molar-refractivity contribution in [3.8, 4) is 0 Å². The van der Waals surface area contributed by atoms with Crippen LogP contribution in [0.25, 0.3) is 0 Å². The van der Waals surface area contributed by atoms with Gasteiger partial charge in [0.25, 0.3) is 0 Å². The summed E-state index contributed by atoms with van der Waals surface area (Å²) in [4.78, 5) is 2.00. The van der Waals surface area contributed by atoms with E-state index in [0.717, 1.165) is 13.0 Å². The standard InChI is InChI=1S/C9H22N2O3S/c1-8(5-6-11(3)4)10-15(13,14)9(2)7-12/h8-10,12H,5-7H2,1-4H3. The van der Waals surface area contributed by atoms with E-state index < -0.39 is 15.3 Å². The lowest BCUT2D eigenvalue weighted by Crippen LogP contribution is -2.41. The van der Waals surface area contributed by atoms with Crippen LogP contribution < -0.4 is 4.72 Å². The van der Waals surface area contributed by atoms with Gasteiger partial charge in [-0.05, 0) is 40.9 Å². The van der Waals surface area contributed by atoms with Crippen LogP contribution >= 0.6 is 0 Å². The molecule has 0 saturated carbocycles. The van der Waals surface area contributed by atoms with Crippen LogP contribution in [0.5, 0.6) is 0 Å². The second kappa shape index (κ2) is 6.42. The zero-order chi connectivity index (χ0) is 12.1. The number of aliphatic hydroxyl groups is 1. The van der Waals surface area contributed by atoms with Gasteiger partial charge in [0.15, 0.2) is 0 Å². The van der Waals surface area contributed by atoms with Crippen molar-refractivity contribution in [1.29, 1.82) is 0 Å². The molecule has 0 aliphatic carbocycles. The average molecular weight is 238 g/mol. The number of rotatable bonds is 7. The molecule has 0 aromatic rings. The Hall–Kier alpha value is -0.170. The third-order valence-electron chi connectivity index (χ3n) is 2.16. The van der Waals surface area contributed by atoms with Crippen LogP contribution in [0.1, 0.15) is 20.3 Å². The Morgan fingerprint density at radius 3 is 2.27 bits per heavy atom. The van der Waals surface area contributed by atoms with Crippen molar-refractivity contribution >= 4 is 10.0 Å². The van der Waals surface area contributed by atoms with Crippen molar-refractivity contribution in [3.05, 3.63) is 0 Å².